The first kappa shape index (κ1) is 24.1. The van der Waals surface area contributed by atoms with E-state index < -0.39 is 12.0 Å². The average molecular weight is 516 g/mol. The third-order valence-corrected chi connectivity index (χ3v) is 7.91. The fourth-order valence-corrected chi connectivity index (χ4v) is 6.00. The van der Waals surface area contributed by atoms with Crippen LogP contribution in [0.4, 0.5) is 0 Å². The summed E-state index contributed by atoms with van der Waals surface area (Å²) in [5.74, 6) is 0.243. The maximum Gasteiger partial charge on any atom is 0.289 e. The van der Waals surface area contributed by atoms with E-state index in [1.807, 2.05) is 28.0 Å². The molecule has 0 N–H and O–H groups in total. The lowest BCUT2D eigenvalue weighted by molar-refractivity contribution is -0.136. The Morgan fingerprint density at radius 3 is 2.29 bits per heavy atom. The number of methoxy groups -OCH3 is 2. The van der Waals surface area contributed by atoms with Crippen molar-refractivity contribution in [1.82, 2.24) is 14.7 Å². The van der Waals surface area contributed by atoms with Gasteiger partial charge >= 0.3 is 0 Å². The number of carbonyl (C=O) groups is 3. The van der Waals surface area contributed by atoms with Crippen LogP contribution in [0.5, 0.6) is 11.5 Å². The Morgan fingerprint density at radius 2 is 1.58 bits per heavy atom. The molecule has 0 aliphatic carbocycles. The quantitative estimate of drug-likeness (QED) is 0.530. The molecule has 2 atom stereocenters. The van der Waals surface area contributed by atoms with E-state index in [0.29, 0.717) is 61.1 Å². The van der Waals surface area contributed by atoms with Crippen LogP contribution in [0.15, 0.2) is 59.2 Å². The van der Waals surface area contributed by atoms with E-state index in [4.69, 9.17) is 13.9 Å². The maximum atomic E-state index is 14.3. The lowest BCUT2D eigenvalue weighted by Gasteiger charge is -2.47. The van der Waals surface area contributed by atoms with Crippen LogP contribution in [0.1, 0.15) is 49.6 Å². The molecular weight excluding hydrogens is 486 g/mol. The minimum absolute atomic E-state index is 0.0669. The molecule has 2 aromatic carbocycles. The summed E-state index contributed by atoms with van der Waals surface area (Å²) >= 11 is 0. The number of carbonyl (C=O) groups excluding carboxylic acids is 3. The Morgan fingerprint density at radius 1 is 0.868 bits per heavy atom. The van der Waals surface area contributed by atoms with Gasteiger partial charge in [0.25, 0.3) is 11.8 Å². The average Bonchev–Trinajstić information content (AvgIpc) is 3.51. The third kappa shape index (κ3) is 3.81. The van der Waals surface area contributed by atoms with Gasteiger partial charge in [-0.15, -0.1) is 0 Å². The molecule has 3 amide bonds. The summed E-state index contributed by atoms with van der Waals surface area (Å²) in [6.07, 6.45) is 2.21. The lowest BCUT2D eigenvalue weighted by Crippen LogP contribution is -2.55. The summed E-state index contributed by atoms with van der Waals surface area (Å²) < 4.78 is 16.3. The van der Waals surface area contributed by atoms with Gasteiger partial charge in [0.05, 0.1) is 32.4 Å². The fourth-order valence-electron chi connectivity index (χ4n) is 6.00. The molecule has 1 aromatic heterocycles. The molecule has 196 valence electrons. The van der Waals surface area contributed by atoms with Crippen molar-refractivity contribution in [3.05, 3.63) is 82.8 Å². The number of furan rings is 1. The van der Waals surface area contributed by atoms with Gasteiger partial charge in [-0.1, -0.05) is 24.3 Å². The number of piperazine rings is 1. The van der Waals surface area contributed by atoms with Crippen molar-refractivity contribution in [1.29, 1.82) is 0 Å². The molecular formula is C29H29N3O6. The monoisotopic (exact) mass is 515 g/mol. The normalized spacial score (nSPS) is 20.4. The number of hydrogen-bond donors (Lipinski definition) is 0. The molecule has 38 heavy (non-hydrogen) atoms. The second kappa shape index (κ2) is 9.55. The van der Waals surface area contributed by atoms with Crippen molar-refractivity contribution in [3.8, 4) is 11.5 Å². The van der Waals surface area contributed by atoms with Crippen molar-refractivity contribution in [2.75, 3.05) is 46.9 Å². The highest BCUT2D eigenvalue weighted by Crippen LogP contribution is 2.49. The third-order valence-electron chi connectivity index (χ3n) is 7.91. The predicted molar refractivity (Wildman–Crippen MR) is 137 cm³/mol. The van der Waals surface area contributed by atoms with Crippen LogP contribution in [-0.2, 0) is 11.2 Å². The van der Waals surface area contributed by atoms with Crippen LogP contribution in [0.2, 0.25) is 0 Å². The highest BCUT2D eigenvalue weighted by molar-refractivity contribution is 6.02. The van der Waals surface area contributed by atoms with E-state index in [1.54, 1.807) is 36.3 Å². The summed E-state index contributed by atoms with van der Waals surface area (Å²) in [4.78, 5) is 46.2. The molecule has 9 heteroatoms. The highest BCUT2D eigenvalue weighted by atomic mass is 16.5. The molecule has 0 unspecified atom stereocenters. The van der Waals surface area contributed by atoms with E-state index in [-0.39, 0.29) is 17.7 Å². The Bertz CT molecular complexity index is 1390. The van der Waals surface area contributed by atoms with Crippen LogP contribution in [0, 0.1) is 0 Å². The topological polar surface area (TPSA) is 92.5 Å². The van der Waals surface area contributed by atoms with Gasteiger partial charge < -0.3 is 28.6 Å². The molecule has 6 rings (SSSR count). The molecule has 9 nitrogen and oxygen atoms in total. The molecule has 3 aliphatic rings. The zero-order chi connectivity index (χ0) is 26.4. The first-order chi connectivity index (χ1) is 18.5. The van der Waals surface area contributed by atoms with Gasteiger partial charge in [0.15, 0.2) is 17.3 Å². The van der Waals surface area contributed by atoms with Crippen LogP contribution in [0.25, 0.3) is 0 Å². The Balaban J connectivity index is 1.37. The number of nitrogens with zero attached hydrogens (tertiary/aromatic N) is 3. The molecule has 1 fully saturated rings. The number of amides is 3. The zero-order valence-electron chi connectivity index (χ0n) is 21.4. The van der Waals surface area contributed by atoms with Gasteiger partial charge in [-0.05, 0) is 47.4 Å². The molecule has 0 spiro atoms. The summed E-state index contributed by atoms with van der Waals surface area (Å²) in [7, 11) is 3.08. The van der Waals surface area contributed by atoms with Crippen LogP contribution in [0.3, 0.4) is 0 Å². The van der Waals surface area contributed by atoms with Crippen LogP contribution >= 0.6 is 0 Å². The first-order valence-electron chi connectivity index (χ1n) is 12.8. The van der Waals surface area contributed by atoms with Gasteiger partial charge in [-0.3, -0.25) is 14.4 Å². The zero-order valence-corrected chi connectivity index (χ0v) is 21.4. The molecule has 0 bridgehead atoms. The molecule has 3 aliphatic heterocycles. The smallest absolute Gasteiger partial charge is 0.289 e. The van der Waals surface area contributed by atoms with Gasteiger partial charge in [-0.2, -0.15) is 0 Å². The number of rotatable bonds is 4. The van der Waals surface area contributed by atoms with E-state index in [1.165, 1.54) is 13.4 Å². The second-order valence-electron chi connectivity index (χ2n) is 9.76. The van der Waals surface area contributed by atoms with Crippen LogP contribution in [-0.4, -0.2) is 79.4 Å². The van der Waals surface area contributed by atoms with E-state index in [9.17, 15) is 14.4 Å². The summed E-state index contributed by atoms with van der Waals surface area (Å²) in [6.45, 7) is 2.13. The minimum atomic E-state index is -0.615. The summed E-state index contributed by atoms with van der Waals surface area (Å²) in [5, 5.41) is 0. The standard InChI is InChI=1S/C29H29N3O6/c1-36-23-16-20-21(17-24(23)37-2)27(33)32-10-9-18-6-3-4-7-19(18)26(32)25(20)29(35)31-13-11-30(12-14-31)28(34)22-8-5-15-38-22/h3-8,15-17,25-26H,9-14H2,1-2H3/t25-,26+/m1/s1. The van der Waals surface area contributed by atoms with Crippen LogP contribution < -0.4 is 9.47 Å². The van der Waals surface area contributed by atoms with Crippen molar-refractivity contribution in [3.63, 3.8) is 0 Å². The molecule has 0 saturated carbocycles. The highest BCUT2D eigenvalue weighted by Gasteiger charge is 2.48. The van der Waals surface area contributed by atoms with Gasteiger partial charge in [0, 0.05) is 38.3 Å². The second-order valence-corrected chi connectivity index (χ2v) is 9.76. The van der Waals surface area contributed by atoms with Crippen molar-refractivity contribution >= 4 is 17.7 Å². The summed E-state index contributed by atoms with van der Waals surface area (Å²) in [6, 6.07) is 14.4. The minimum Gasteiger partial charge on any atom is -0.493 e. The van der Waals surface area contributed by atoms with Crippen molar-refractivity contribution < 1.29 is 28.3 Å². The van der Waals surface area contributed by atoms with E-state index >= 15 is 0 Å². The molecule has 1 saturated heterocycles. The molecule has 3 aromatic rings. The van der Waals surface area contributed by atoms with E-state index in [2.05, 4.69) is 6.07 Å². The van der Waals surface area contributed by atoms with Crippen molar-refractivity contribution in [2.45, 2.75) is 18.4 Å². The first-order valence-corrected chi connectivity index (χ1v) is 12.8. The SMILES string of the molecule is COc1cc2c(cc1OC)[C@@H](C(=O)N1CCN(C(=O)c3ccco3)CC1)[C@@H]1c3ccccc3CCN1C2=O. The number of hydrogen-bond acceptors (Lipinski definition) is 6. The maximum absolute atomic E-state index is 14.3. The Hall–Kier alpha value is -4.27. The lowest BCUT2D eigenvalue weighted by atomic mass is 9.75. The summed E-state index contributed by atoms with van der Waals surface area (Å²) in [5.41, 5.74) is 3.25. The van der Waals surface area contributed by atoms with Gasteiger partial charge in [-0.25, -0.2) is 0 Å². The van der Waals surface area contributed by atoms with Gasteiger partial charge in [0.1, 0.15) is 0 Å². The van der Waals surface area contributed by atoms with Gasteiger partial charge in [0.2, 0.25) is 5.91 Å². The molecule has 0 radical (unpaired) electrons. The van der Waals surface area contributed by atoms with Crippen molar-refractivity contribution in [2.24, 2.45) is 0 Å². The number of fused-ring (bicyclic) bond motifs is 4. The number of benzene rings is 2. The number of ether oxygens (including phenoxy) is 2. The molecule has 4 heterocycles. The Kier molecular flexibility index (Phi) is 6.06. The largest absolute Gasteiger partial charge is 0.493 e. The predicted octanol–water partition coefficient (Wildman–Crippen LogP) is 3.12. The Labute approximate surface area is 220 Å². The van der Waals surface area contributed by atoms with E-state index in [0.717, 1.165) is 17.5 Å². The fraction of sp³-hybridized carbons (Fsp3) is 0.345.